The van der Waals surface area contributed by atoms with Crippen molar-refractivity contribution < 1.29 is 4.39 Å². The van der Waals surface area contributed by atoms with E-state index in [0.717, 1.165) is 43.8 Å². The Morgan fingerprint density at radius 2 is 0.492 bits per heavy atom. The van der Waals surface area contributed by atoms with Crippen LogP contribution >= 0.6 is 0 Å². The van der Waals surface area contributed by atoms with E-state index in [-0.39, 0.29) is 5.82 Å². The molecule has 0 aliphatic heterocycles. The molecule has 0 spiro atoms. The quantitative estimate of drug-likeness (QED) is 0.0730. The van der Waals surface area contributed by atoms with E-state index < -0.39 is 16.1 Å². The minimum Gasteiger partial charge on any atom is -0.207 e. The molecule has 0 N–H and O–H groups in total. The maximum absolute atomic E-state index is 16.0. The monoisotopic (exact) mass is 864 g/mol. The predicted molar refractivity (Wildman–Crippen MR) is 280 cm³/mol. The SMILES string of the molecule is Fc1ccc2c(-c3cccc([Si](c4ccccc4)(c4ccccc4)c4ccccc4)c3)c3ccccc3c(-c3cccc([Si](c4ccccc4)(c4ccccc4)c4ccccc4)c3)c2c1. The number of benzene rings is 11. The maximum atomic E-state index is 16.0. The third-order valence-electron chi connectivity index (χ3n) is 13.4. The number of rotatable bonds is 10. The smallest absolute Gasteiger partial charge is 0.179 e. The molecule has 0 saturated carbocycles. The number of fused-ring (bicyclic) bond motifs is 2. The van der Waals surface area contributed by atoms with Crippen LogP contribution in [0.3, 0.4) is 0 Å². The zero-order chi connectivity index (χ0) is 43.6. The first-order chi connectivity index (χ1) is 32.2. The molecule has 0 amide bonds. The zero-order valence-electron chi connectivity index (χ0n) is 35.9. The molecule has 0 nitrogen and oxygen atoms in total. The van der Waals surface area contributed by atoms with Crippen LogP contribution in [-0.2, 0) is 0 Å². The Kier molecular flexibility index (Phi) is 10.6. The minimum atomic E-state index is -2.85. The minimum absolute atomic E-state index is 0.255. The van der Waals surface area contributed by atoms with Gasteiger partial charge >= 0.3 is 0 Å². The van der Waals surface area contributed by atoms with E-state index in [1.54, 1.807) is 12.1 Å². The second-order valence-electron chi connectivity index (χ2n) is 16.8. The van der Waals surface area contributed by atoms with Gasteiger partial charge in [0, 0.05) is 0 Å². The van der Waals surface area contributed by atoms with Gasteiger partial charge in [-0.2, -0.15) is 0 Å². The summed E-state index contributed by atoms with van der Waals surface area (Å²) in [4.78, 5) is 0. The van der Waals surface area contributed by atoms with Crippen LogP contribution in [0.2, 0.25) is 0 Å². The number of hydrogen-bond acceptors (Lipinski definition) is 0. The lowest BCUT2D eigenvalue weighted by Crippen LogP contribution is -2.74. The average molecular weight is 865 g/mol. The second kappa shape index (κ2) is 17.1. The molecule has 0 aromatic heterocycles. The summed E-state index contributed by atoms with van der Waals surface area (Å²) in [5.41, 5.74) is 4.32. The lowest BCUT2D eigenvalue weighted by atomic mass is 9.86. The fourth-order valence-electron chi connectivity index (χ4n) is 10.7. The molecule has 0 fully saturated rings. The van der Waals surface area contributed by atoms with Crippen molar-refractivity contribution in [3.63, 3.8) is 0 Å². The van der Waals surface area contributed by atoms with E-state index >= 15 is 4.39 Å². The molecule has 11 aromatic rings. The van der Waals surface area contributed by atoms with E-state index in [0.29, 0.717) is 0 Å². The van der Waals surface area contributed by atoms with E-state index in [1.807, 2.05) is 6.07 Å². The highest BCUT2D eigenvalue weighted by Crippen LogP contribution is 2.43. The molecule has 0 atom stereocenters. The molecule has 11 rings (SSSR count). The first-order valence-corrected chi connectivity index (χ1v) is 26.4. The molecular weight excluding hydrogens is 820 g/mol. The topological polar surface area (TPSA) is 0 Å². The second-order valence-corrected chi connectivity index (χ2v) is 24.5. The van der Waals surface area contributed by atoms with Gasteiger partial charge in [-0.25, -0.2) is 4.39 Å². The van der Waals surface area contributed by atoms with Gasteiger partial charge in [0.15, 0.2) is 16.1 Å². The van der Waals surface area contributed by atoms with Crippen LogP contribution < -0.4 is 41.5 Å². The Morgan fingerprint density at radius 1 is 0.215 bits per heavy atom. The Labute approximate surface area is 382 Å². The van der Waals surface area contributed by atoms with Crippen LogP contribution in [0.15, 0.2) is 273 Å². The first kappa shape index (κ1) is 40.1. The lowest BCUT2D eigenvalue weighted by Gasteiger charge is -2.35. The summed E-state index contributed by atoms with van der Waals surface area (Å²) in [6, 6.07) is 98.7. The Hall–Kier alpha value is -7.70. The molecule has 3 heteroatoms. The van der Waals surface area contributed by atoms with Gasteiger partial charge in [-0.1, -0.05) is 261 Å². The molecule has 0 aliphatic rings. The van der Waals surface area contributed by atoms with Gasteiger partial charge in [-0.3, -0.25) is 0 Å². The molecule has 308 valence electrons. The molecule has 11 aromatic carbocycles. The van der Waals surface area contributed by atoms with Crippen LogP contribution in [0.5, 0.6) is 0 Å². The summed E-state index contributed by atoms with van der Waals surface area (Å²) in [5.74, 6) is -0.255. The van der Waals surface area contributed by atoms with Gasteiger partial charge in [0.1, 0.15) is 5.82 Å². The highest BCUT2D eigenvalue weighted by atomic mass is 28.3. The summed E-state index contributed by atoms with van der Waals surface area (Å²) in [5, 5.41) is 14.6. The Morgan fingerprint density at radius 3 is 0.831 bits per heavy atom. The van der Waals surface area contributed by atoms with Crippen molar-refractivity contribution >= 4 is 79.2 Å². The van der Waals surface area contributed by atoms with Crippen LogP contribution in [0.25, 0.3) is 43.8 Å². The van der Waals surface area contributed by atoms with Gasteiger partial charge < -0.3 is 0 Å². The molecule has 0 heterocycles. The van der Waals surface area contributed by atoms with Crippen molar-refractivity contribution in [2.75, 3.05) is 0 Å². The lowest BCUT2D eigenvalue weighted by molar-refractivity contribution is 0.630. The summed E-state index contributed by atoms with van der Waals surface area (Å²) in [6.45, 7) is 0. The van der Waals surface area contributed by atoms with Gasteiger partial charge in [-0.15, -0.1) is 0 Å². The average Bonchev–Trinajstić information content (AvgIpc) is 3.38. The molecular formula is C62H45FSi2. The fraction of sp³-hybridized carbons (Fsp3) is 0. The Balaban J connectivity index is 1.18. The molecule has 0 saturated heterocycles. The number of halogens is 1. The first-order valence-electron chi connectivity index (χ1n) is 22.4. The van der Waals surface area contributed by atoms with Crippen molar-refractivity contribution in [1.82, 2.24) is 0 Å². The molecule has 65 heavy (non-hydrogen) atoms. The summed E-state index contributed by atoms with van der Waals surface area (Å²) in [7, 11) is -5.69. The molecule has 0 radical (unpaired) electrons. The highest BCUT2D eigenvalue weighted by molar-refractivity contribution is 7.20. The van der Waals surface area contributed by atoms with E-state index in [1.165, 1.54) is 41.5 Å². The number of hydrogen-bond donors (Lipinski definition) is 0. The molecule has 0 bridgehead atoms. The molecule has 0 aliphatic carbocycles. The van der Waals surface area contributed by atoms with Gasteiger partial charge in [0.2, 0.25) is 0 Å². The fourth-order valence-corrected chi connectivity index (χ4v) is 20.3. The van der Waals surface area contributed by atoms with Crippen molar-refractivity contribution in [2.45, 2.75) is 0 Å². The van der Waals surface area contributed by atoms with Crippen LogP contribution in [-0.4, -0.2) is 16.1 Å². The van der Waals surface area contributed by atoms with E-state index in [4.69, 9.17) is 0 Å². The Bertz CT molecular complexity index is 3220. The third kappa shape index (κ3) is 6.80. The standard InChI is InChI=1S/C62H45FSi2/c63-48-41-42-59-60(45-48)62(47-24-22-38-56(44-47)65(52-31-13-4-14-32-52,53-33-15-5-16-34-53)54-35-17-6-18-36-54)58-40-20-19-39-57(58)61(59)46-23-21-37-55(43-46)64(49-25-7-1-8-26-49,50-27-9-2-10-28-50)51-29-11-3-12-30-51/h1-45H. The van der Waals surface area contributed by atoms with Crippen LogP contribution in [0.1, 0.15) is 0 Å². The van der Waals surface area contributed by atoms with Gasteiger partial charge in [-0.05, 0) is 97.4 Å². The van der Waals surface area contributed by atoms with E-state index in [2.05, 4.69) is 255 Å². The van der Waals surface area contributed by atoms with Crippen molar-refractivity contribution in [2.24, 2.45) is 0 Å². The summed E-state index contributed by atoms with van der Waals surface area (Å²) < 4.78 is 16.0. The zero-order valence-corrected chi connectivity index (χ0v) is 37.9. The third-order valence-corrected chi connectivity index (χ3v) is 22.9. The van der Waals surface area contributed by atoms with Gasteiger partial charge in [0.05, 0.1) is 0 Å². The molecule has 0 unspecified atom stereocenters. The van der Waals surface area contributed by atoms with E-state index in [9.17, 15) is 0 Å². The van der Waals surface area contributed by atoms with Crippen molar-refractivity contribution in [1.29, 1.82) is 0 Å². The maximum Gasteiger partial charge on any atom is 0.179 e. The highest BCUT2D eigenvalue weighted by Gasteiger charge is 2.43. The van der Waals surface area contributed by atoms with Crippen LogP contribution in [0.4, 0.5) is 4.39 Å². The van der Waals surface area contributed by atoms with Gasteiger partial charge in [0.25, 0.3) is 0 Å². The van der Waals surface area contributed by atoms with Crippen LogP contribution in [0, 0.1) is 5.82 Å². The largest absolute Gasteiger partial charge is 0.207 e. The van der Waals surface area contributed by atoms with Crippen molar-refractivity contribution in [3.05, 3.63) is 279 Å². The normalized spacial score (nSPS) is 11.8. The predicted octanol–water partition coefficient (Wildman–Crippen LogP) is 10.2. The summed E-state index contributed by atoms with van der Waals surface area (Å²) in [6.07, 6.45) is 0. The van der Waals surface area contributed by atoms with Crippen molar-refractivity contribution in [3.8, 4) is 22.3 Å². The summed E-state index contributed by atoms with van der Waals surface area (Å²) >= 11 is 0.